The van der Waals surface area contributed by atoms with Crippen molar-refractivity contribution < 1.29 is 14.3 Å². The van der Waals surface area contributed by atoms with Crippen LogP contribution < -0.4 is 20.1 Å². The summed E-state index contributed by atoms with van der Waals surface area (Å²) in [6.45, 7) is 1.50. The molecule has 0 aliphatic carbocycles. The summed E-state index contributed by atoms with van der Waals surface area (Å²) in [5, 5.41) is 5.94. The Kier molecular flexibility index (Phi) is 4.82. The number of benzene rings is 2. The molecule has 136 valence electrons. The van der Waals surface area contributed by atoms with Gasteiger partial charge in [-0.05, 0) is 23.8 Å². The Balaban J connectivity index is 1.43. The van der Waals surface area contributed by atoms with Crippen LogP contribution in [0, 0.1) is 0 Å². The van der Waals surface area contributed by atoms with Crippen LogP contribution in [0.2, 0.25) is 0 Å². The van der Waals surface area contributed by atoms with E-state index < -0.39 is 0 Å². The Morgan fingerprint density at radius 1 is 1.00 bits per heavy atom. The van der Waals surface area contributed by atoms with E-state index in [1.165, 1.54) is 0 Å². The fourth-order valence-corrected chi connectivity index (χ4v) is 2.66. The van der Waals surface area contributed by atoms with Crippen LogP contribution in [0.25, 0.3) is 0 Å². The molecule has 2 aromatic carbocycles. The van der Waals surface area contributed by atoms with Gasteiger partial charge in [-0.15, -0.1) is 0 Å². The Hall–Kier alpha value is -3.61. The van der Waals surface area contributed by atoms with E-state index in [1.54, 1.807) is 12.3 Å². The first-order valence-corrected chi connectivity index (χ1v) is 8.60. The number of carbonyl (C=O) groups excluding carboxylic acids is 1. The van der Waals surface area contributed by atoms with Crippen LogP contribution in [-0.2, 0) is 6.54 Å². The SMILES string of the molecule is O=C(NCc1ccccc1)c1ccnc(Nc2ccc3c(c2)OCCO3)n1. The van der Waals surface area contributed by atoms with Crippen LogP contribution in [0.4, 0.5) is 11.6 Å². The number of amides is 1. The van der Waals surface area contributed by atoms with Gasteiger partial charge >= 0.3 is 0 Å². The molecule has 0 unspecified atom stereocenters. The van der Waals surface area contributed by atoms with Crippen molar-refractivity contribution in [2.24, 2.45) is 0 Å². The van der Waals surface area contributed by atoms with Crippen molar-refractivity contribution in [2.75, 3.05) is 18.5 Å². The van der Waals surface area contributed by atoms with E-state index in [0.717, 1.165) is 11.3 Å². The third-order valence-corrected chi connectivity index (χ3v) is 3.98. The third kappa shape index (κ3) is 4.14. The highest BCUT2D eigenvalue weighted by molar-refractivity contribution is 5.92. The van der Waals surface area contributed by atoms with Crippen molar-refractivity contribution in [3.8, 4) is 11.5 Å². The maximum Gasteiger partial charge on any atom is 0.270 e. The molecular formula is C20H18N4O3. The van der Waals surface area contributed by atoms with Gasteiger partial charge in [0.05, 0.1) is 0 Å². The van der Waals surface area contributed by atoms with Crippen LogP contribution in [-0.4, -0.2) is 29.1 Å². The van der Waals surface area contributed by atoms with Crippen LogP contribution in [0.1, 0.15) is 16.1 Å². The summed E-state index contributed by atoms with van der Waals surface area (Å²) in [6.07, 6.45) is 1.55. The van der Waals surface area contributed by atoms with Crippen molar-refractivity contribution in [1.82, 2.24) is 15.3 Å². The lowest BCUT2D eigenvalue weighted by molar-refractivity contribution is 0.0946. The molecule has 0 spiro atoms. The second-order valence-electron chi connectivity index (χ2n) is 5.92. The van der Waals surface area contributed by atoms with Gasteiger partial charge in [0.1, 0.15) is 18.9 Å². The zero-order valence-electron chi connectivity index (χ0n) is 14.5. The van der Waals surface area contributed by atoms with Gasteiger partial charge in [-0.3, -0.25) is 4.79 Å². The second-order valence-corrected chi connectivity index (χ2v) is 5.92. The van der Waals surface area contributed by atoms with Crippen LogP contribution in [0.15, 0.2) is 60.8 Å². The molecule has 0 atom stereocenters. The second kappa shape index (κ2) is 7.74. The summed E-state index contributed by atoms with van der Waals surface area (Å²) in [7, 11) is 0. The highest BCUT2D eigenvalue weighted by Crippen LogP contribution is 2.33. The first-order valence-electron chi connectivity index (χ1n) is 8.60. The topological polar surface area (TPSA) is 85.4 Å². The van der Waals surface area contributed by atoms with Crippen LogP contribution in [0.3, 0.4) is 0 Å². The van der Waals surface area contributed by atoms with E-state index >= 15 is 0 Å². The molecule has 2 N–H and O–H groups in total. The minimum atomic E-state index is -0.258. The summed E-state index contributed by atoms with van der Waals surface area (Å²) >= 11 is 0. The molecule has 2 heterocycles. The van der Waals surface area contributed by atoms with Gasteiger partial charge in [0, 0.05) is 24.5 Å². The summed E-state index contributed by atoms with van der Waals surface area (Å²) in [6, 6.07) is 16.8. The largest absolute Gasteiger partial charge is 0.486 e. The van der Waals surface area contributed by atoms with Crippen molar-refractivity contribution in [3.63, 3.8) is 0 Å². The minimum absolute atomic E-state index is 0.258. The van der Waals surface area contributed by atoms with Crippen LogP contribution in [0.5, 0.6) is 11.5 Å². The third-order valence-electron chi connectivity index (χ3n) is 3.98. The molecule has 4 rings (SSSR count). The summed E-state index contributed by atoms with van der Waals surface area (Å²) in [4.78, 5) is 20.8. The number of rotatable bonds is 5. The number of nitrogens with one attached hydrogen (secondary N) is 2. The summed E-state index contributed by atoms with van der Waals surface area (Å²) in [5.74, 6) is 1.45. The quantitative estimate of drug-likeness (QED) is 0.726. The number of nitrogens with zero attached hydrogens (tertiary/aromatic N) is 2. The van der Waals surface area contributed by atoms with Gasteiger partial charge in [0.25, 0.3) is 5.91 Å². The van der Waals surface area contributed by atoms with E-state index in [1.807, 2.05) is 48.5 Å². The molecule has 0 fully saturated rings. The van der Waals surface area contributed by atoms with Gasteiger partial charge in [-0.2, -0.15) is 0 Å². The average Bonchev–Trinajstić information content (AvgIpc) is 2.73. The Morgan fingerprint density at radius 3 is 2.67 bits per heavy atom. The lowest BCUT2D eigenvalue weighted by atomic mass is 10.2. The number of carbonyl (C=O) groups is 1. The molecule has 0 radical (unpaired) electrons. The molecule has 27 heavy (non-hydrogen) atoms. The molecule has 1 aromatic heterocycles. The molecule has 1 aliphatic heterocycles. The smallest absolute Gasteiger partial charge is 0.270 e. The lowest BCUT2D eigenvalue weighted by Crippen LogP contribution is -2.24. The first-order chi connectivity index (χ1) is 13.3. The van der Waals surface area contributed by atoms with Crippen molar-refractivity contribution >= 4 is 17.5 Å². The fraction of sp³-hybridized carbons (Fsp3) is 0.150. The number of aromatic nitrogens is 2. The summed E-state index contributed by atoms with van der Waals surface area (Å²) < 4.78 is 11.1. The number of hydrogen-bond donors (Lipinski definition) is 2. The zero-order chi connectivity index (χ0) is 18.5. The molecule has 7 heteroatoms. The molecule has 0 saturated heterocycles. The number of anilines is 2. The van der Waals surface area contributed by atoms with E-state index in [4.69, 9.17) is 9.47 Å². The fourth-order valence-electron chi connectivity index (χ4n) is 2.66. The molecule has 1 aliphatic rings. The highest BCUT2D eigenvalue weighted by atomic mass is 16.6. The monoisotopic (exact) mass is 362 g/mol. The molecule has 0 bridgehead atoms. The normalized spacial score (nSPS) is 12.3. The maximum absolute atomic E-state index is 12.3. The molecule has 0 saturated carbocycles. The predicted octanol–water partition coefficient (Wildman–Crippen LogP) is 2.92. The van der Waals surface area contributed by atoms with E-state index in [-0.39, 0.29) is 5.91 Å². The average molecular weight is 362 g/mol. The minimum Gasteiger partial charge on any atom is -0.486 e. The standard InChI is InChI=1S/C20H18N4O3/c25-19(22-13-14-4-2-1-3-5-14)16-8-9-21-20(24-16)23-15-6-7-17-18(12-15)27-11-10-26-17/h1-9,12H,10-11,13H2,(H,22,25)(H,21,23,24). The molecular weight excluding hydrogens is 344 g/mol. The number of fused-ring (bicyclic) bond motifs is 1. The van der Waals surface area contributed by atoms with Crippen molar-refractivity contribution in [2.45, 2.75) is 6.54 Å². The van der Waals surface area contributed by atoms with Gasteiger partial charge in [-0.1, -0.05) is 30.3 Å². The first kappa shape index (κ1) is 16.8. The Morgan fingerprint density at radius 2 is 1.81 bits per heavy atom. The van der Waals surface area contributed by atoms with Gasteiger partial charge in [-0.25, -0.2) is 9.97 Å². The van der Waals surface area contributed by atoms with Crippen LogP contribution >= 0.6 is 0 Å². The Labute approximate surface area is 156 Å². The van der Waals surface area contributed by atoms with E-state index in [0.29, 0.717) is 42.9 Å². The van der Waals surface area contributed by atoms with Gasteiger partial charge in [0.15, 0.2) is 11.5 Å². The molecule has 3 aromatic rings. The summed E-state index contributed by atoms with van der Waals surface area (Å²) in [5.41, 5.74) is 2.07. The number of ether oxygens (including phenoxy) is 2. The van der Waals surface area contributed by atoms with Gasteiger partial charge < -0.3 is 20.1 Å². The predicted molar refractivity (Wildman–Crippen MR) is 100 cm³/mol. The van der Waals surface area contributed by atoms with Crippen molar-refractivity contribution in [3.05, 3.63) is 72.1 Å². The Bertz CT molecular complexity index is 947. The molecule has 7 nitrogen and oxygen atoms in total. The highest BCUT2D eigenvalue weighted by Gasteiger charge is 2.13. The lowest BCUT2D eigenvalue weighted by Gasteiger charge is -2.19. The van der Waals surface area contributed by atoms with E-state index in [2.05, 4.69) is 20.6 Å². The van der Waals surface area contributed by atoms with Crippen molar-refractivity contribution in [1.29, 1.82) is 0 Å². The maximum atomic E-state index is 12.3. The zero-order valence-corrected chi connectivity index (χ0v) is 14.5. The van der Waals surface area contributed by atoms with Gasteiger partial charge in [0.2, 0.25) is 5.95 Å². The van der Waals surface area contributed by atoms with E-state index in [9.17, 15) is 4.79 Å². The number of hydrogen-bond acceptors (Lipinski definition) is 6. The molecule has 1 amide bonds.